The van der Waals surface area contributed by atoms with Gasteiger partial charge >= 0.3 is 0 Å². The van der Waals surface area contributed by atoms with Crippen molar-refractivity contribution in [2.45, 2.75) is 13.3 Å². The molecule has 3 N–H and O–H groups in total. The first-order valence-electron chi connectivity index (χ1n) is 5.61. The summed E-state index contributed by atoms with van der Waals surface area (Å²) in [4.78, 5) is 23.0. The van der Waals surface area contributed by atoms with Gasteiger partial charge in [0, 0.05) is 12.7 Å². The van der Waals surface area contributed by atoms with Crippen molar-refractivity contribution in [1.82, 2.24) is 24.7 Å². The Hall–Kier alpha value is -2.22. The number of aromatic nitrogens is 5. The van der Waals surface area contributed by atoms with E-state index >= 15 is 0 Å². The molecular weight excluding hydrogens is 270 g/mol. The maximum absolute atomic E-state index is 11.0. The van der Waals surface area contributed by atoms with Crippen LogP contribution in [0, 0.1) is 0 Å². The normalized spacial score (nSPS) is 10.4. The first-order valence-corrected chi connectivity index (χ1v) is 5.99. The number of nitrogens with one attached hydrogen (secondary N) is 1. The number of primary amides is 1. The predicted octanol–water partition coefficient (Wildman–Crippen LogP) is 0.631. The third-order valence-corrected chi connectivity index (χ3v) is 2.34. The van der Waals surface area contributed by atoms with Gasteiger partial charge in [-0.25, -0.2) is 4.68 Å². The van der Waals surface area contributed by atoms with Crippen LogP contribution in [0.5, 0.6) is 0 Å². The third kappa shape index (κ3) is 3.16. The van der Waals surface area contributed by atoms with Gasteiger partial charge in [-0.3, -0.25) is 4.79 Å². The SMILES string of the molecule is CCCNc1nc(Cl)nc(-n2ccc(C(N)=O)n2)n1. The number of hydrogen-bond donors (Lipinski definition) is 2. The first-order chi connectivity index (χ1) is 9.10. The quantitative estimate of drug-likeness (QED) is 0.831. The van der Waals surface area contributed by atoms with Crippen LogP contribution < -0.4 is 11.1 Å². The highest BCUT2D eigenvalue weighted by Crippen LogP contribution is 2.09. The molecule has 0 saturated heterocycles. The molecule has 8 nitrogen and oxygen atoms in total. The van der Waals surface area contributed by atoms with Crippen LogP contribution in [-0.2, 0) is 0 Å². The Morgan fingerprint density at radius 3 is 2.89 bits per heavy atom. The van der Waals surface area contributed by atoms with Crippen molar-refractivity contribution >= 4 is 23.5 Å². The predicted molar refractivity (Wildman–Crippen MR) is 69.3 cm³/mol. The Morgan fingerprint density at radius 1 is 1.47 bits per heavy atom. The molecule has 0 spiro atoms. The van der Waals surface area contributed by atoms with Gasteiger partial charge in [0.25, 0.3) is 11.9 Å². The van der Waals surface area contributed by atoms with E-state index in [1.165, 1.54) is 16.9 Å². The monoisotopic (exact) mass is 281 g/mol. The largest absolute Gasteiger partial charge is 0.364 e. The van der Waals surface area contributed by atoms with Gasteiger partial charge in [-0.05, 0) is 24.1 Å². The van der Waals surface area contributed by atoms with Gasteiger partial charge in [-0.2, -0.15) is 20.1 Å². The standard InChI is InChI=1S/C10H12ClN7O/c1-2-4-13-9-14-8(11)15-10(16-9)18-5-3-6(17-18)7(12)19/h3,5H,2,4H2,1H3,(H2,12,19)(H,13,14,15,16). The van der Waals surface area contributed by atoms with Crippen LogP contribution in [0.3, 0.4) is 0 Å². The Bertz CT molecular complexity index is 597. The second-order valence-corrected chi connectivity index (χ2v) is 4.00. The lowest BCUT2D eigenvalue weighted by molar-refractivity contribution is 0.0995. The number of halogens is 1. The number of rotatable bonds is 5. The Labute approximate surface area is 114 Å². The lowest BCUT2D eigenvalue weighted by atomic mass is 10.4. The zero-order chi connectivity index (χ0) is 13.8. The van der Waals surface area contributed by atoms with Crippen LogP contribution in [0.25, 0.3) is 5.95 Å². The lowest BCUT2D eigenvalue weighted by Gasteiger charge is -2.05. The van der Waals surface area contributed by atoms with Crippen LogP contribution in [0.4, 0.5) is 5.95 Å². The van der Waals surface area contributed by atoms with Crippen LogP contribution in [0.1, 0.15) is 23.8 Å². The molecule has 19 heavy (non-hydrogen) atoms. The summed E-state index contributed by atoms with van der Waals surface area (Å²) in [5.41, 5.74) is 5.25. The zero-order valence-electron chi connectivity index (χ0n) is 10.2. The van der Waals surface area contributed by atoms with E-state index in [0.29, 0.717) is 12.5 Å². The molecule has 1 amide bonds. The molecule has 0 atom stereocenters. The fraction of sp³-hybridized carbons (Fsp3) is 0.300. The van der Waals surface area contributed by atoms with Gasteiger partial charge in [-0.15, -0.1) is 0 Å². The molecule has 2 rings (SSSR count). The molecule has 0 aliphatic carbocycles. The molecule has 0 aromatic carbocycles. The second kappa shape index (κ2) is 5.61. The summed E-state index contributed by atoms with van der Waals surface area (Å²) in [6.45, 7) is 2.73. The molecule has 2 heterocycles. The number of nitrogens with zero attached hydrogens (tertiary/aromatic N) is 5. The van der Waals surface area contributed by atoms with Crippen molar-refractivity contribution < 1.29 is 4.79 Å². The number of amides is 1. The zero-order valence-corrected chi connectivity index (χ0v) is 10.9. The van der Waals surface area contributed by atoms with Crippen molar-refractivity contribution in [3.05, 3.63) is 23.2 Å². The number of anilines is 1. The highest BCUT2D eigenvalue weighted by molar-refractivity contribution is 6.28. The second-order valence-electron chi connectivity index (χ2n) is 3.66. The summed E-state index contributed by atoms with van der Waals surface area (Å²) in [7, 11) is 0. The summed E-state index contributed by atoms with van der Waals surface area (Å²) in [5.74, 6) is -0.0534. The summed E-state index contributed by atoms with van der Waals surface area (Å²) in [6.07, 6.45) is 2.45. The first kappa shape index (κ1) is 13.2. The van der Waals surface area contributed by atoms with E-state index in [2.05, 4.69) is 25.4 Å². The molecule has 0 bridgehead atoms. The highest BCUT2D eigenvalue weighted by Gasteiger charge is 2.10. The van der Waals surface area contributed by atoms with Crippen molar-refractivity contribution in [2.75, 3.05) is 11.9 Å². The number of nitrogens with two attached hydrogens (primary N) is 1. The van der Waals surface area contributed by atoms with Crippen LogP contribution >= 0.6 is 11.6 Å². The minimum atomic E-state index is -0.622. The molecule has 0 radical (unpaired) electrons. The minimum absolute atomic E-state index is 0.0414. The van der Waals surface area contributed by atoms with E-state index in [0.717, 1.165) is 6.42 Å². The minimum Gasteiger partial charge on any atom is -0.364 e. The fourth-order valence-corrected chi connectivity index (χ4v) is 1.48. The van der Waals surface area contributed by atoms with Gasteiger partial charge in [0.2, 0.25) is 11.2 Å². The van der Waals surface area contributed by atoms with Crippen molar-refractivity contribution in [2.24, 2.45) is 5.73 Å². The van der Waals surface area contributed by atoms with Crippen molar-refractivity contribution in [3.8, 4) is 5.95 Å². The Kier molecular flexibility index (Phi) is 3.91. The number of carbonyl (C=O) groups excluding carboxylic acids is 1. The summed E-state index contributed by atoms with van der Waals surface area (Å²) < 4.78 is 1.31. The molecule has 2 aromatic rings. The van der Waals surface area contributed by atoms with E-state index in [4.69, 9.17) is 17.3 Å². The smallest absolute Gasteiger partial charge is 0.269 e. The molecule has 0 aliphatic rings. The molecule has 100 valence electrons. The van der Waals surface area contributed by atoms with Gasteiger partial charge < -0.3 is 11.1 Å². The van der Waals surface area contributed by atoms with E-state index in [1.54, 1.807) is 0 Å². The molecule has 0 aliphatic heterocycles. The van der Waals surface area contributed by atoms with E-state index in [1.807, 2.05) is 6.92 Å². The molecule has 0 fully saturated rings. The average molecular weight is 282 g/mol. The summed E-state index contributed by atoms with van der Waals surface area (Å²) in [5, 5.41) is 6.98. The van der Waals surface area contributed by atoms with Gasteiger partial charge in [-0.1, -0.05) is 6.92 Å². The molecule has 9 heteroatoms. The fourth-order valence-electron chi connectivity index (χ4n) is 1.32. The van der Waals surface area contributed by atoms with E-state index in [9.17, 15) is 4.79 Å². The number of carbonyl (C=O) groups is 1. The van der Waals surface area contributed by atoms with Crippen molar-refractivity contribution in [3.63, 3.8) is 0 Å². The van der Waals surface area contributed by atoms with Gasteiger partial charge in [0.05, 0.1) is 0 Å². The average Bonchev–Trinajstić information content (AvgIpc) is 2.85. The topological polar surface area (TPSA) is 112 Å². The van der Waals surface area contributed by atoms with E-state index < -0.39 is 5.91 Å². The van der Waals surface area contributed by atoms with Crippen molar-refractivity contribution in [1.29, 1.82) is 0 Å². The molecule has 2 aromatic heterocycles. The van der Waals surface area contributed by atoms with Crippen LogP contribution in [0.15, 0.2) is 12.3 Å². The molecular formula is C10H12ClN7O. The van der Waals surface area contributed by atoms with Gasteiger partial charge in [0.1, 0.15) is 5.69 Å². The highest BCUT2D eigenvalue weighted by atomic mass is 35.5. The maximum atomic E-state index is 11.0. The van der Waals surface area contributed by atoms with Crippen LogP contribution in [0.2, 0.25) is 5.28 Å². The Morgan fingerprint density at radius 2 is 2.26 bits per heavy atom. The lowest BCUT2D eigenvalue weighted by Crippen LogP contribution is -2.13. The Balaban J connectivity index is 2.32. The summed E-state index contributed by atoms with van der Waals surface area (Å²) in [6, 6.07) is 1.47. The van der Waals surface area contributed by atoms with Crippen LogP contribution in [-0.4, -0.2) is 37.2 Å². The summed E-state index contributed by atoms with van der Waals surface area (Å²) >= 11 is 5.81. The molecule has 0 unspecified atom stereocenters. The van der Waals surface area contributed by atoms with E-state index in [-0.39, 0.29) is 16.9 Å². The molecule has 0 saturated carbocycles. The third-order valence-electron chi connectivity index (χ3n) is 2.18. The number of hydrogen-bond acceptors (Lipinski definition) is 6. The van der Waals surface area contributed by atoms with Gasteiger partial charge in [0.15, 0.2) is 0 Å². The maximum Gasteiger partial charge on any atom is 0.269 e.